The average molecular weight is 493 g/mol. The van der Waals surface area contributed by atoms with Crippen LogP contribution < -0.4 is 15.6 Å². The molecule has 0 fully saturated rings. The topological polar surface area (TPSA) is 91.4 Å². The molecule has 2 aromatic carbocycles. The van der Waals surface area contributed by atoms with E-state index in [-0.39, 0.29) is 28.9 Å². The number of nitrogens with one attached hydrogen (secondary N) is 2. The van der Waals surface area contributed by atoms with Gasteiger partial charge < -0.3 is 20.1 Å². The maximum atomic E-state index is 14.0. The molecule has 0 spiro atoms. The molecule has 0 aliphatic carbocycles. The fraction of sp³-hybridized carbons (Fsp3) is 0.182. The molecule has 0 unspecified atom stereocenters. The number of halogens is 3. The zero-order valence-electron chi connectivity index (χ0n) is 16.5. The number of H-pyrrole nitrogens is 1. The highest BCUT2D eigenvalue weighted by molar-refractivity contribution is 9.10. The summed E-state index contributed by atoms with van der Waals surface area (Å²) in [6, 6.07) is 10.3. The maximum Gasteiger partial charge on any atom is 0.266 e. The molecule has 0 saturated carbocycles. The summed E-state index contributed by atoms with van der Waals surface area (Å²) in [4.78, 5) is 26.2. The quantitative estimate of drug-likeness (QED) is 0.470. The molecule has 1 amide bonds. The van der Waals surface area contributed by atoms with Crippen LogP contribution in [0, 0.1) is 18.6 Å². The Balaban J connectivity index is 1.92. The summed E-state index contributed by atoms with van der Waals surface area (Å²) in [5.41, 5.74) is 2.42. The number of rotatable bonds is 7. The lowest BCUT2D eigenvalue weighted by Gasteiger charge is -2.16. The Hall–Kier alpha value is -3.04. The Bertz CT molecular complexity index is 1160. The third-order valence-corrected chi connectivity index (χ3v) is 5.29. The molecule has 0 aliphatic heterocycles. The second-order valence-corrected chi connectivity index (χ2v) is 7.55. The molecular weight excluding hydrogens is 474 g/mol. The Morgan fingerprint density at radius 2 is 1.90 bits per heavy atom. The van der Waals surface area contributed by atoms with E-state index in [1.165, 1.54) is 6.07 Å². The van der Waals surface area contributed by atoms with Crippen molar-refractivity contribution < 1.29 is 23.4 Å². The second-order valence-electron chi connectivity index (χ2n) is 6.75. The normalized spacial score (nSPS) is 10.7. The summed E-state index contributed by atoms with van der Waals surface area (Å²) in [6.45, 7) is 1.18. The molecule has 0 radical (unpaired) electrons. The van der Waals surface area contributed by atoms with Crippen LogP contribution in [0.4, 0.5) is 8.78 Å². The monoisotopic (exact) mass is 492 g/mol. The van der Waals surface area contributed by atoms with Crippen molar-refractivity contribution >= 4 is 21.8 Å². The Kier molecular flexibility index (Phi) is 7.19. The smallest absolute Gasteiger partial charge is 0.266 e. The molecule has 6 nitrogen and oxygen atoms in total. The van der Waals surface area contributed by atoms with Crippen molar-refractivity contribution in [2.24, 2.45) is 0 Å². The highest BCUT2D eigenvalue weighted by Gasteiger charge is 2.18. The summed E-state index contributed by atoms with van der Waals surface area (Å²) in [7, 11) is 0. The summed E-state index contributed by atoms with van der Waals surface area (Å²) in [5.74, 6) is -1.68. The van der Waals surface area contributed by atoms with Crippen molar-refractivity contribution in [3.8, 4) is 16.9 Å². The number of amides is 1. The van der Waals surface area contributed by atoms with E-state index in [4.69, 9.17) is 9.84 Å². The predicted octanol–water partition coefficient (Wildman–Crippen LogP) is 3.58. The van der Waals surface area contributed by atoms with Gasteiger partial charge in [-0.05, 0) is 46.1 Å². The van der Waals surface area contributed by atoms with Crippen LogP contribution in [-0.2, 0) is 17.9 Å². The lowest BCUT2D eigenvalue weighted by Crippen LogP contribution is -2.25. The SMILES string of the molecule is Cc1[nH]c(=O)c(Br)c(OCc2ccc(F)cc2F)c1-c1ccc(CNC(=O)CO)cc1. The van der Waals surface area contributed by atoms with E-state index in [9.17, 15) is 18.4 Å². The van der Waals surface area contributed by atoms with Gasteiger partial charge >= 0.3 is 0 Å². The van der Waals surface area contributed by atoms with Crippen molar-refractivity contribution in [3.63, 3.8) is 0 Å². The van der Waals surface area contributed by atoms with Crippen LogP contribution in [0.5, 0.6) is 5.75 Å². The minimum Gasteiger partial charge on any atom is -0.487 e. The molecule has 9 heteroatoms. The van der Waals surface area contributed by atoms with Crippen molar-refractivity contribution in [3.05, 3.63) is 85.7 Å². The van der Waals surface area contributed by atoms with Gasteiger partial charge in [-0.25, -0.2) is 8.78 Å². The number of pyridine rings is 1. The number of aryl methyl sites for hydroxylation is 1. The number of carbonyl (C=O) groups excluding carboxylic acids is 1. The number of hydrogen-bond donors (Lipinski definition) is 3. The third-order valence-electron chi connectivity index (χ3n) is 4.56. The molecule has 0 bridgehead atoms. The average Bonchev–Trinajstić information content (AvgIpc) is 2.75. The van der Waals surface area contributed by atoms with Gasteiger partial charge in [0.05, 0.1) is 0 Å². The van der Waals surface area contributed by atoms with E-state index in [1.807, 2.05) is 0 Å². The van der Waals surface area contributed by atoms with Crippen molar-refractivity contribution in [2.75, 3.05) is 6.61 Å². The van der Waals surface area contributed by atoms with E-state index in [0.29, 0.717) is 11.3 Å². The van der Waals surface area contributed by atoms with Gasteiger partial charge in [0.25, 0.3) is 5.56 Å². The second kappa shape index (κ2) is 9.84. The highest BCUT2D eigenvalue weighted by atomic mass is 79.9. The van der Waals surface area contributed by atoms with Gasteiger partial charge in [0.15, 0.2) is 0 Å². The number of ether oxygens (including phenoxy) is 1. The Morgan fingerprint density at radius 3 is 2.55 bits per heavy atom. The van der Waals surface area contributed by atoms with Gasteiger partial charge in [-0.15, -0.1) is 0 Å². The van der Waals surface area contributed by atoms with Gasteiger partial charge in [-0.3, -0.25) is 9.59 Å². The van der Waals surface area contributed by atoms with Crippen LogP contribution in [0.3, 0.4) is 0 Å². The fourth-order valence-corrected chi connectivity index (χ4v) is 3.40. The largest absolute Gasteiger partial charge is 0.487 e. The molecule has 162 valence electrons. The van der Waals surface area contributed by atoms with Gasteiger partial charge in [0.1, 0.15) is 35.1 Å². The summed E-state index contributed by atoms with van der Waals surface area (Å²) in [5, 5.41) is 11.3. The molecule has 0 atom stereocenters. The molecule has 3 aromatic rings. The lowest BCUT2D eigenvalue weighted by atomic mass is 10.0. The zero-order chi connectivity index (χ0) is 22.5. The van der Waals surface area contributed by atoms with Gasteiger partial charge in [0, 0.05) is 29.4 Å². The third kappa shape index (κ3) is 5.36. The van der Waals surface area contributed by atoms with E-state index >= 15 is 0 Å². The summed E-state index contributed by atoms with van der Waals surface area (Å²) in [6.07, 6.45) is 0. The van der Waals surface area contributed by atoms with Gasteiger partial charge in [-0.2, -0.15) is 0 Å². The molecular formula is C22H19BrF2N2O4. The maximum absolute atomic E-state index is 14.0. The predicted molar refractivity (Wildman–Crippen MR) is 115 cm³/mol. The molecule has 0 saturated heterocycles. The first-order valence-electron chi connectivity index (χ1n) is 9.26. The van der Waals surface area contributed by atoms with Crippen LogP contribution in [0.25, 0.3) is 11.1 Å². The first-order chi connectivity index (χ1) is 14.8. The number of aliphatic hydroxyl groups excluding tert-OH is 1. The number of aliphatic hydroxyl groups is 1. The van der Waals surface area contributed by atoms with Gasteiger partial charge in [-0.1, -0.05) is 24.3 Å². The lowest BCUT2D eigenvalue weighted by molar-refractivity contribution is -0.123. The Labute approximate surface area is 185 Å². The van der Waals surface area contributed by atoms with Crippen LogP contribution in [0.1, 0.15) is 16.8 Å². The number of hydrogen-bond acceptors (Lipinski definition) is 4. The fourth-order valence-electron chi connectivity index (χ4n) is 2.99. The molecule has 3 N–H and O–H groups in total. The molecule has 3 rings (SSSR count). The molecule has 31 heavy (non-hydrogen) atoms. The number of aromatic nitrogens is 1. The minimum atomic E-state index is -0.742. The molecule has 1 aromatic heterocycles. The van der Waals surface area contributed by atoms with Crippen LogP contribution in [0.15, 0.2) is 51.7 Å². The van der Waals surface area contributed by atoms with Crippen LogP contribution >= 0.6 is 15.9 Å². The van der Waals surface area contributed by atoms with E-state index in [1.54, 1.807) is 31.2 Å². The van der Waals surface area contributed by atoms with Crippen LogP contribution in [0.2, 0.25) is 0 Å². The molecule has 0 aliphatic rings. The van der Waals surface area contributed by atoms with Crippen molar-refractivity contribution in [1.29, 1.82) is 0 Å². The summed E-state index contributed by atoms with van der Waals surface area (Å²) >= 11 is 3.24. The number of benzene rings is 2. The minimum absolute atomic E-state index is 0.146. The van der Waals surface area contributed by atoms with E-state index < -0.39 is 29.7 Å². The zero-order valence-corrected chi connectivity index (χ0v) is 18.1. The number of aromatic amines is 1. The van der Waals surface area contributed by atoms with Crippen molar-refractivity contribution in [1.82, 2.24) is 10.3 Å². The summed E-state index contributed by atoms with van der Waals surface area (Å²) < 4.78 is 33.1. The Morgan fingerprint density at radius 1 is 1.19 bits per heavy atom. The molecule has 1 heterocycles. The van der Waals surface area contributed by atoms with Crippen molar-refractivity contribution in [2.45, 2.75) is 20.1 Å². The standard InChI is InChI=1S/C22H19BrF2N2O4/c1-12-19(14-4-2-13(3-5-14)9-26-18(29)10-28)21(20(23)22(30)27-12)31-11-15-6-7-16(24)8-17(15)25/h2-8,28H,9-11H2,1H3,(H,26,29)(H,27,30). The van der Waals surface area contributed by atoms with Crippen LogP contribution in [-0.4, -0.2) is 22.6 Å². The first-order valence-corrected chi connectivity index (χ1v) is 10.1. The van der Waals surface area contributed by atoms with E-state index in [2.05, 4.69) is 26.2 Å². The highest BCUT2D eigenvalue weighted by Crippen LogP contribution is 2.37. The van der Waals surface area contributed by atoms with Gasteiger partial charge in [0.2, 0.25) is 5.91 Å². The van der Waals surface area contributed by atoms with E-state index in [0.717, 1.165) is 23.3 Å². The first kappa shape index (κ1) is 22.6. The number of carbonyl (C=O) groups is 1.